The van der Waals surface area contributed by atoms with Gasteiger partial charge in [0.05, 0.1) is 42.6 Å². The van der Waals surface area contributed by atoms with E-state index in [0.717, 1.165) is 6.42 Å². The molecule has 1 fully saturated rings. The van der Waals surface area contributed by atoms with Gasteiger partial charge in [-0.3, -0.25) is 0 Å². The molecule has 1 aliphatic rings. The number of rotatable bonds is 7. The summed E-state index contributed by atoms with van der Waals surface area (Å²) in [7, 11) is -0.954. The Morgan fingerprint density at radius 3 is 2.81 bits per heavy atom. The zero-order valence-corrected chi connectivity index (χ0v) is 18.0. The van der Waals surface area contributed by atoms with Gasteiger partial charge in [0.25, 0.3) is 0 Å². The molecule has 2 aromatic carbocycles. The highest BCUT2D eigenvalue weighted by Gasteiger charge is 2.20. The molecule has 3 aromatic rings. The fourth-order valence-corrected chi connectivity index (χ4v) is 3.94. The van der Waals surface area contributed by atoms with E-state index in [-0.39, 0.29) is 6.10 Å². The van der Waals surface area contributed by atoms with Crippen molar-refractivity contribution in [1.29, 1.82) is 0 Å². The lowest BCUT2D eigenvalue weighted by Crippen LogP contribution is -2.16. The van der Waals surface area contributed by atoms with E-state index in [1.165, 1.54) is 31.8 Å². The van der Waals surface area contributed by atoms with Crippen LogP contribution < -0.4 is 19.5 Å². The number of anilines is 3. The summed E-state index contributed by atoms with van der Waals surface area (Å²) in [6.07, 6.45) is 3.50. The maximum atomic E-state index is 13.9. The number of ether oxygens (including phenoxy) is 3. The lowest BCUT2D eigenvalue weighted by molar-refractivity contribution is 0.141. The molecular formula is C21H23FN4O4S. The maximum absolute atomic E-state index is 13.9. The van der Waals surface area contributed by atoms with Crippen molar-refractivity contribution in [2.24, 2.45) is 0 Å². The van der Waals surface area contributed by atoms with Crippen LogP contribution in [-0.4, -0.2) is 52.7 Å². The topological polar surface area (TPSA) is 94.6 Å². The first-order chi connectivity index (χ1) is 14.8. The van der Waals surface area contributed by atoms with Gasteiger partial charge in [0.15, 0.2) is 0 Å². The molecule has 4 rings (SSSR count). The summed E-state index contributed by atoms with van der Waals surface area (Å²) in [5.41, 5.74) is 1.67. The van der Waals surface area contributed by atoms with Crippen molar-refractivity contribution >= 4 is 43.7 Å². The van der Waals surface area contributed by atoms with Gasteiger partial charge >= 0.3 is 0 Å². The number of hydrogen-bond acceptors (Lipinski definition) is 7. The van der Waals surface area contributed by atoms with Gasteiger partial charge in [-0.1, -0.05) is 0 Å². The first kappa shape index (κ1) is 21.1. The molecule has 164 valence electrons. The highest BCUT2D eigenvalue weighted by atomic mass is 32.2. The molecule has 8 nitrogen and oxygen atoms in total. The van der Waals surface area contributed by atoms with Crippen molar-refractivity contribution in [3.8, 4) is 11.5 Å². The molecule has 2 unspecified atom stereocenters. The minimum Gasteiger partial charge on any atom is -0.496 e. The number of fused-ring (bicyclic) bond motifs is 1. The average Bonchev–Trinajstić information content (AvgIpc) is 3.21. The fraction of sp³-hybridized carbons (Fsp3) is 0.286. The third kappa shape index (κ3) is 4.97. The number of aromatic nitrogens is 2. The number of nitrogens with one attached hydrogen (secondary N) is 2. The Morgan fingerprint density at radius 2 is 2.10 bits per heavy atom. The van der Waals surface area contributed by atoms with Crippen LogP contribution in [0, 0.1) is 5.82 Å². The van der Waals surface area contributed by atoms with Crippen molar-refractivity contribution in [3.05, 3.63) is 42.5 Å². The maximum Gasteiger partial charge on any atom is 0.146 e. The quantitative estimate of drug-likeness (QED) is 0.538. The number of halogens is 1. The van der Waals surface area contributed by atoms with Gasteiger partial charge in [0.2, 0.25) is 0 Å². The molecule has 0 saturated carbocycles. The van der Waals surface area contributed by atoms with E-state index >= 15 is 0 Å². The molecule has 31 heavy (non-hydrogen) atoms. The summed E-state index contributed by atoms with van der Waals surface area (Å²) in [5, 5.41) is 3.82. The standard InChI is InChI=1S/C21H23FN4O4S/c1-28-19-10-14(26-31(2,3)27)9-17-20(19)21(24-12-23-17)25-16-5-4-13(22)8-18(16)30-15-6-7-29-11-15/h4-5,8-10,12,15H,2,6-7,11H2,1,3H3,(H,26,27)(H,23,24,25). The van der Waals surface area contributed by atoms with E-state index in [2.05, 4.69) is 25.9 Å². The molecular weight excluding hydrogens is 423 g/mol. The van der Waals surface area contributed by atoms with Gasteiger partial charge in [-0.2, -0.15) is 0 Å². The Balaban J connectivity index is 1.73. The smallest absolute Gasteiger partial charge is 0.146 e. The zero-order valence-electron chi connectivity index (χ0n) is 17.2. The summed E-state index contributed by atoms with van der Waals surface area (Å²) in [6.45, 7) is 1.08. The molecule has 2 atom stereocenters. The largest absolute Gasteiger partial charge is 0.496 e. The molecule has 2 N–H and O–H groups in total. The van der Waals surface area contributed by atoms with Crippen LogP contribution in [0.2, 0.25) is 0 Å². The molecule has 2 heterocycles. The molecule has 0 spiro atoms. The van der Waals surface area contributed by atoms with Gasteiger partial charge in [-0.05, 0) is 24.1 Å². The predicted molar refractivity (Wildman–Crippen MR) is 120 cm³/mol. The molecule has 1 saturated heterocycles. The Labute approximate surface area is 179 Å². The van der Waals surface area contributed by atoms with Crippen LogP contribution in [0.15, 0.2) is 36.7 Å². The summed E-state index contributed by atoms with van der Waals surface area (Å²) in [4.78, 5) is 8.66. The van der Waals surface area contributed by atoms with Crippen molar-refractivity contribution < 1.29 is 22.8 Å². The van der Waals surface area contributed by atoms with Crippen molar-refractivity contribution in [2.75, 3.05) is 36.6 Å². The third-order valence-corrected chi connectivity index (χ3v) is 5.30. The second-order valence-corrected chi connectivity index (χ2v) is 9.48. The van der Waals surface area contributed by atoms with Crippen LogP contribution in [0.25, 0.3) is 10.9 Å². The van der Waals surface area contributed by atoms with E-state index in [1.54, 1.807) is 18.2 Å². The normalized spacial score (nSPS) is 17.8. The number of benzene rings is 2. The lowest BCUT2D eigenvalue weighted by Gasteiger charge is -2.18. The second kappa shape index (κ2) is 8.56. The summed E-state index contributed by atoms with van der Waals surface area (Å²) < 4.78 is 45.6. The molecule has 10 heteroatoms. The molecule has 1 aliphatic heterocycles. The van der Waals surface area contributed by atoms with Gasteiger partial charge in [-0.25, -0.2) is 18.6 Å². The van der Waals surface area contributed by atoms with Crippen molar-refractivity contribution in [1.82, 2.24) is 9.97 Å². The third-order valence-electron chi connectivity index (χ3n) is 4.63. The predicted octanol–water partition coefficient (Wildman–Crippen LogP) is 3.36. The van der Waals surface area contributed by atoms with E-state index < -0.39 is 15.5 Å². The highest BCUT2D eigenvalue weighted by Crippen LogP contribution is 2.37. The Hall–Kier alpha value is -3.11. The van der Waals surface area contributed by atoms with Gasteiger partial charge in [0.1, 0.15) is 35.6 Å². The number of nitrogens with zero attached hydrogens (tertiary/aromatic N) is 2. The van der Waals surface area contributed by atoms with Crippen LogP contribution in [0.4, 0.5) is 21.6 Å². The summed E-state index contributed by atoms with van der Waals surface area (Å²) in [5.74, 6) is 4.50. The monoisotopic (exact) mass is 446 g/mol. The Bertz CT molecular complexity index is 1210. The zero-order chi connectivity index (χ0) is 22.0. The van der Waals surface area contributed by atoms with E-state index in [4.69, 9.17) is 14.2 Å². The lowest BCUT2D eigenvalue weighted by atomic mass is 10.2. The Kier molecular flexibility index (Phi) is 5.84. The van der Waals surface area contributed by atoms with E-state index in [1.807, 2.05) is 0 Å². The average molecular weight is 447 g/mol. The first-order valence-corrected chi connectivity index (χ1v) is 11.7. The molecule has 0 radical (unpaired) electrons. The van der Waals surface area contributed by atoms with E-state index in [9.17, 15) is 8.60 Å². The Morgan fingerprint density at radius 1 is 1.26 bits per heavy atom. The van der Waals surface area contributed by atoms with Crippen LogP contribution in [0.3, 0.4) is 0 Å². The molecule has 0 aliphatic carbocycles. The SMILES string of the molecule is C=S(C)(=O)Nc1cc(OC)c2c(Nc3ccc(F)cc3OC3CCOC3)ncnc2c1. The van der Waals surface area contributed by atoms with Crippen LogP contribution in [0.1, 0.15) is 6.42 Å². The fourth-order valence-electron chi connectivity index (χ4n) is 3.33. The van der Waals surface area contributed by atoms with Crippen molar-refractivity contribution in [3.63, 3.8) is 0 Å². The number of hydrogen-bond donors (Lipinski definition) is 2. The van der Waals surface area contributed by atoms with Crippen molar-refractivity contribution in [2.45, 2.75) is 12.5 Å². The summed E-state index contributed by atoms with van der Waals surface area (Å²) >= 11 is 0. The molecule has 0 amide bonds. The minimum absolute atomic E-state index is 0.140. The molecule has 1 aromatic heterocycles. The molecule has 0 bridgehead atoms. The first-order valence-electron chi connectivity index (χ1n) is 9.56. The van der Waals surface area contributed by atoms with Crippen LogP contribution in [0.5, 0.6) is 11.5 Å². The highest BCUT2D eigenvalue weighted by molar-refractivity contribution is 8.00. The second-order valence-electron chi connectivity index (χ2n) is 7.27. The van der Waals surface area contributed by atoms with Gasteiger partial charge in [0, 0.05) is 34.5 Å². The summed E-state index contributed by atoms with van der Waals surface area (Å²) in [6, 6.07) is 7.69. The van der Waals surface area contributed by atoms with Gasteiger partial charge < -0.3 is 24.2 Å². The van der Waals surface area contributed by atoms with Crippen LogP contribution in [-0.2, 0) is 14.4 Å². The van der Waals surface area contributed by atoms with Gasteiger partial charge in [-0.15, -0.1) is 0 Å². The van der Waals surface area contributed by atoms with Crippen LogP contribution >= 0.6 is 0 Å². The number of methoxy groups -OCH3 is 1. The van der Waals surface area contributed by atoms with E-state index in [0.29, 0.717) is 52.8 Å². The minimum atomic E-state index is -2.48.